The van der Waals surface area contributed by atoms with Gasteiger partial charge in [0.05, 0.1) is 5.56 Å². The first kappa shape index (κ1) is 12.7. The van der Waals surface area contributed by atoms with Crippen molar-refractivity contribution < 1.29 is 9.90 Å². The van der Waals surface area contributed by atoms with Gasteiger partial charge in [-0.2, -0.15) is 0 Å². The second kappa shape index (κ2) is 5.44. The fourth-order valence-corrected chi connectivity index (χ4v) is 1.03. The molecule has 0 heterocycles. The van der Waals surface area contributed by atoms with E-state index in [-0.39, 0.29) is 38.6 Å². The Morgan fingerprint density at radius 1 is 1.54 bits per heavy atom. The van der Waals surface area contributed by atoms with Crippen LogP contribution in [0.25, 0.3) is 0 Å². The molecule has 1 rings (SSSR count). The Morgan fingerprint density at radius 2 is 2.15 bits per heavy atom. The fraction of sp³-hybridized carbons (Fsp3) is 0.125. The van der Waals surface area contributed by atoms with Gasteiger partial charge in [0.1, 0.15) is 5.75 Å². The number of halogens is 1. The maximum Gasteiger partial charge on any atom is 1.00 e. The van der Waals surface area contributed by atoms with Gasteiger partial charge < -0.3 is 10.8 Å². The molecule has 1 aromatic rings. The fourth-order valence-electron chi connectivity index (χ4n) is 0.869. The summed E-state index contributed by atoms with van der Waals surface area (Å²) in [5.74, 6) is -0.471. The van der Waals surface area contributed by atoms with Gasteiger partial charge in [0, 0.05) is 5.88 Å². The number of phenols is 1. The molecule has 66 valence electrons. The summed E-state index contributed by atoms with van der Waals surface area (Å²) in [5, 5.41) is 9.23. The summed E-state index contributed by atoms with van der Waals surface area (Å²) < 4.78 is 0. The summed E-state index contributed by atoms with van der Waals surface area (Å²) in [4.78, 5) is 10.7. The Balaban J connectivity index is 0.00000144. The van der Waals surface area contributed by atoms with Crippen LogP contribution in [-0.4, -0.2) is 38.3 Å². The van der Waals surface area contributed by atoms with E-state index in [0.29, 0.717) is 5.88 Å². The Bertz CT molecular complexity index is 317. The minimum absolute atomic E-state index is 0. The first-order valence-corrected chi connectivity index (χ1v) is 3.86. The quantitative estimate of drug-likeness (QED) is 0.581. The van der Waals surface area contributed by atoms with Gasteiger partial charge in [0.2, 0.25) is 0 Å². The molecule has 0 atom stereocenters. The number of carbonyl (C=O) groups excluding carboxylic acids is 1. The number of nitrogens with two attached hydrogens (primary N) is 1. The summed E-state index contributed by atoms with van der Waals surface area (Å²) in [6.07, 6.45) is 0. The third kappa shape index (κ3) is 3.15. The monoisotopic (exact) mass is 390 g/mol. The van der Waals surface area contributed by atoms with Crippen LogP contribution in [0, 0.1) is 0 Å². The van der Waals surface area contributed by atoms with Crippen LogP contribution in [-0.2, 0) is 5.88 Å². The van der Waals surface area contributed by atoms with E-state index in [2.05, 4.69) is 0 Å². The van der Waals surface area contributed by atoms with Crippen molar-refractivity contribution in [3.05, 3.63) is 29.3 Å². The number of benzene rings is 1. The molecular formula is C8H8ClNO2Tl+. The van der Waals surface area contributed by atoms with Crippen molar-refractivity contribution in [2.24, 2.45) is 5.73 Å². The van der Waals surface area contributed by atoms with E-state index in [9.17, 15) is 9.90 Å². The smallest absolute Gasteiger partial charge is 0.507 e. The third-order valence-electron chi connectivity index (χ3n) is 1.48. The Kier molecular flexibility index (Phi) is 5.31. The van der Waals surface area contributed by atoms with Gasteiger partial charge in [0.15, 0.2) is 0 Å². The SMILES string of the molecule is NC(=O)c1ccc(CCl)cc1O.[Tl+]. The van der Waals surface area contributed by atoms with Gasteiger partial charge in [-0.15, -0.1) is 11.6 Å². The third-order valence-corrected chi connectivity index (χ3v) is 1.79. The number of alkyl halides is 1. The summed E-state index contributed by atoms with van der Waals surface area (Å²) in [6, 6.07) is 4.52. The van der Waals surface area contributed by atoms with Gasteiger partial charge in [-0.1, -0.05) is 6.07 Å². The summed E-state index contributed by atoms with van der Waals surface area (Å²) in [5.41, 5.74) is 5.84. The van der Waals surface area contributed by atoms with E-state index in [1.54, 1.807) is 6.07 Å². The first-order chi connectivity index (χ1) is 5.65. The Labute approximate surface area is 101 Å². The molecule has 0 saturated carbocycles. The molecule has 0 aliphatic carbocycles. The van der Waals surface area contributed by atoms with Gasteiger partial charge in [-0.25, -0.2) is 0 Å². The Hall–Kier alpha value is -0.298. The standard InChI is InChI=1S/C8H8ClNO2.Tl/c9-4-5-1-2-6(8(10)12)7(11)3-5;/h1-3,11H,4H2,(H2,10,12);/q;+1. The average molecular weight is 390 g/mol. The summed E-state index contributed by atoms with van der Waals surface area (Å²) in [6.45, 7) is 0. The Morgan fingerprint density at radius 3 is 2.54 bits per heavy atom. The van der Waals surface area contributed by atoms with Gasteiger partial charge in [-0.3, -0.25) is 4.79 Å². The number of hydrogen-bond acceptors (Lipinski definition) is 2. The van der Waals surface area contributed by atoms with Crippen molar-refractivity contribution in [2.75, 3.05) is 0 Å². The summed E-state index contributed by atoms with van der Waals surface area (Å²) >= 11 is 5.50. The molecule has 0 unspecified atom stereocenters. The molecular weight excluding hydrogens is 382 g/mol. The van der Waals surface area contributed by atoms with Crippen LogP contribution in [0.2, 0.25) is 0 Å². The normalized spacial score (nSPS) is 9.00. The van der Waals surface area contributed by atoms with Crippen molar-refractivity contribution in [1.29, 1.82) is 0 Å². The molecule has 0 radical (unpaired) electrons. The molecule has 0 spiro atoms. The number of rotatable bonds is 2. The second-order valence-corrected chi connectivity index (χ2v) is 2.62. The zero-order valence-electron chi connectivity index (χ0n) is 6.83. The second-order valence-electron chi connectivity index (χ2n) is 2.35. The number of primary amides is 1. The largest absolute Gasteiger partial charge is 1.00 e. The molecule has 13 heavy (non-hydrogen) atoms. The van der Waals surface area contributed by atoms with Crippen molar-refractivity contribution in [1.82, 2.24) is 0 Å². The minimum atomic E-state index is -0.645. The van der Waals surface area contributed by atoms with E-state index >= 15 is 0 Å². The van der Waals surface area contributed by atoms with E-state index < -0.39 is 5.91 Å². The van der Waals surface area contributed by atoms with Crippen molar-refractivity contribution in [3.63, 3.8) is 0 Å². The van der Waals surface area contributed by atoms with E-state index in [1.165, 1.54) is 12.1 Å². The predicted octanol–water partition coefficient (Wildman–Crippen LogP) is 0.849. The zero-order chi connectivity index (χ0) is 9.14. The van der Waals surface area contributed by atoms with Crippen LogP contribution >= 0.6 is 11.6 Å². The van der Waals surface area contributed by atoms with Crippen LogP contribution < -0.4 is 5.73 Å². The molecule has 0 aromatic heterocycles. The number of amides is 1. The van der Waals surface area contributed by atoms with Gasteiger partial charge in [-0.05, 0) is 17.7 Å². The first-order valence-electron chi connectivity index (χ1n) is 3.33. The molecule has 0 saturated heterocycles. The molecule has 0 aliphatic rings. The van der Waals surface area contributed by atoms with Gasteiger partial charge in [0.25, 0.3) is 5.91 Å². The topological polar surface area (TPSA) is 63.3 Å². The van der Waals surface area contributed by atoms with Crippen LogP contribution in [0.15, 0.2) is 18.2 Å². The number of aromatic hydroxyl groups is 1. The molecule has 1 amide bonds. The molecule has 1 aromatic carbocycles. The number of hydrogen-bond donors (Lipinski definition) is 2. The van der Waals surface area contributed by atoms with Crippen molar-refractivity contribution in [2.45, 2.75) is 5.88 Å². The van der Waals surface area contributed by atoms with Crippen LogP contribution in [0.3, 0.4) is 0 Å². The molecule has 0 bridgehead atoms. The van der Waals surface area contributed by atoms with Crippen LogP contribution in [0.1, 0.15) is 15.9 Å². The van der Waals surface area contributed by atoms with Crippen LogP contribution in [0.4, 0.5) is 0 Å². The van der Waals surface area contributed by atoms with E-state index in [1.807, 2.05) is 0 Å². The van der Waals surface area contributed by atoms with Crippen molar-refractivity contribution in [3.8, 4) is 5.75 Å². The van der Waals surface area contributed by atoms with E-state index in [4.69, 9.17) is 17.3 Å². The molecule has 0 fully saturated rings. The van der Waals surface area contributed by atoms with E-state index in [0.717, 1.165) is 5.56 Å². The maximum absolute atomic E-state index is 10.7. The molecule has 3 N–H and O–H groups in total. The number of carbonyl (C=O) groups is 1. The maximum atomic E-state index is 10.7. The minimum Gasteiger partial charge on any atom is -0.507 e. The molecule has 5 heteroatoms. The van der Waals surface area contributed by atoms with Crippen molar-refractivity contribution >= 4 is 44.8 Å². The summed E-state index contributed by atoms with van der Waals surface area (Å²) in [7, 11) is 0. The van der Waals surface area contributed by atoms with Gasteiger partial charge >= 0.3 is 27.3 Å². The molecule has 0 aliphatic heterocycles. The predicted molar refractivity (Wildman–Crippen MR) is 51.9 cm³/mol. The van der Waals surface area contributed by atoms with Crippen LogP contribution in [0.5, 0.6) is 5.75 Å². The molecule has 3 nitrogen and oxygen atoms in total. The average Bonchev–Trinajstić information content (AvgIpc) is 2.03. The zero-order valence-corrected chi connectivity index (χ0v) is 12.1.